The van der Waals surface area contributed by atoms with Crippen molar-refractivity contribution in [2.24, 2.45) is 5.11 Å². The zero-order chi connectivity index (χ0) is 14.8. The molecule has 1 unspecified atom stereocenters. The van der Waals surface area contributed by atoms with Crippen LogP contribution < -0.4 is 0 Å². The Bertz CT molecular complexity index is 400. The summed E-state index contributed by atoms with van der Waals surface area (Å²) < 4.78 is 26.8. The third kappa shape index (κ3) is 3.04. The highest BCUT2D eigenvalue weighted by atomic mass is 16.8. The van der Waals surface area contributed by atoms with Gasteiger partial charge in [-0.25, -0.2) is 0 Å². The average molecular weight is 289 g/mol. The van der Waals surface area contributed by atoms with Gasteiger partial charge in [0.15, 0.2) is 5.79 Å². The molecule has 2 rings (SSSR count). The molecule has 114 valence electrons. The first-order valence-electron chi connectivity index (χ1n) is 6.25. The van der Waals surface area contributed by atoms with E-state index < -0.39 is 29.9 Å². The number of ether oxygens (including phenoxy) is 5. The van der Waals surface area contributed by atoms with Crippen LogP contribution >= 0.6 is 0 Å². The molecule has 0 aromatic heterocycles. The first-order valence-corrected chi connectivity index (χ1v) is 6.25. The first-order chi connectivity index (χ1) is 9.42. The summed E-state index contributed by atoms with van der Waals surface area (Å²) in [5, 5.41) is 14.0. The Balaban J connectivity index is 2.11. The number of hydrogen-bond donors (Lipinski definition) is 1. The highest BCUT2D eigenvalue weighted by Gasteiger charge is 2.62. The van der Waals surface area contributed by atoms with E-state index in [2.05, 4.69) is 10.0 Å². The summed E-state index contributed by atoms with van der Waals surface area (Å²) in [6.45, 7) is 3.42. The molecule has 0 aliphatic carbocycles. The topological polar surface area (TPSA) is 115 Å². The lowest BCUT2D eigenvalue weighted by Crippen LogP contribution is -2.47. The number of methoxy groups -OCH3 is 1. The maximum atomic E-state index is 10.5. The van der Waals surface area contributed by atoms with Gasteiger partial charge in [0.05, 0.1) is 12.6 Å². The number of rotatable bonds is 6. The van der Waals surface area contributed by atoms with Crippen molar-refractivity contribution in [3.8, 4) is 0 Å². The molecule has 9 nitrogen and oxygen atoms in total. The van der Waals surface area contributed by atoms with Crippen molar-refractivity contribution < 1.29 is 28.8 Å². The summed E-state index contributed by atoms with van der Waals surface area (Å²) in [4.78, 5) is 2.69. The number of hydrogen-bond acceptors (Lipinski definition) is 7. The molecule has 0 aromatic rings. The second kappa shape index (κ2) is 5.82. The maximum absolute atomic E-state index is 10.5. The van der Waals surface area contributed by atoms with Gasteiger partial charge in [0.25, 0.3) is 0 Å². The van der Waals surface area contributed by atoms with Crippen LogP contribution in [-0.2, 0) is 23.7 Å². The third-order valence-corrected chi connectivity index (χ3v) is 3.13. The van der Waals surface area contributed by atoms with Gasteiger partial charge in [0.1, 0.15) is 25.6 Å². The average Bonchev–Trinajstić information content (AvgIpc) is 2.82. The molecular formula is C11H19N3O6. The molecule has 0 radical (unpaired) electrons. The second-order valence-corrected chi connectivity index (χ2v) is 5.19. The van der Waals surface area contributed by atoms with Crippen LogP contribution in [0.15, 0.2) is 5.11 Å². The Labute approximate surface area is 116 Å². The fraction of sp³-hybridized carbons (Fsp3) is 1.00. The van der Waals surface area contributed by atoms with Crippen LogP contribution in [0.1, 0.15) is 13.8 Å². The molecule has 0 amide bonds. The molecule has 0 saturated carbocycles. The van der Waals surface area contributed by atoms with E-state index in [1.54, 1.807) is 13.8 Å². The van der Waals surface area contributed by atoms with E-state index >= 15 is 0 Å². The van der Waals surface area contributed by atoms with Crippen LogP contribution in [0.4, 0.5) is 0 Å². The molecule has 20 heavy (non-hydrogen) atoms. The number of azide groups is 1. The van der Waals surface area contributed by atoms with Crippen LogP contribution in [0.5, 0.6) is 0 Å². The largest absolute Gasteiger partial charge is 0.362 e. The molecular weight excluding hydrogens is 270 g/mol. The predicted octanol–water partition coefficient (Wildman–Crippen LogP) is 0.525. The smallest absolute Gasteiger partial charge is 0.219 e. The molecule has 9 heteroatoms. The van der Waals surface area contributed by atoms with E-state index in [9.17, 15) is 5.11 Å². The molecule has 2 aliphatic rings. The summed E-state index contributed by atoms with van der Waals surface area (Å²) in [5.41, 5.74) is 8.40. The van der Waals surface area contributed by atoms with Crippen LogP contribution in [0.25, 0.3) is 10.4 Å². The molecule has 2 fully saturated rings. The lowest BCUT2D eigenvalue weighted by molar-refractivity contribution is -0.292. The van der Waals surface area contributed by atoms with Crippen LogP contribution in [0.2, 0.25) is 0 Å². The van der Waals surface area contributed by atoms with Gasteiger partial charge in [-0.15, -0.1) is 0 Å². The summed E-state index contributed by atoms with van der Waals surface area (Å²) in [5.74, 6) is -2.50. The molecule has 0 aromatic carbocycles. The summed E-state index contributed by atoms with van der Waals surface area (Å²) >= 11 is 0. The van der Waals surface area contributed by atoms with Gasteiger partial charge in [-0.1, -0.05) is 5.11 Å². The summed E-state index contributed by atoms with van der Waals surface area (Å²) in [6.07, 6.45) is -1.83. The Morgan fingerprint density at radius 3 is 2.75 bits per heavy atom. The fourth-order valence-corrected chi connectivity index (χ4v) is 2.45. The Morgan fingerprint density at radius 1 is 1.35 bits per heavy atom. The van der Waals surface area contributed by atoms with E-state index in [1.807, 2.05) is 0 Å². The molecule has 0 spiro atoms. The van der Waals surface area contributed by atoms with Gasteiger partial charge in [-0.2, -0.15) is 0 Å². The van der Waals surface area contributed by atoms with Crippen molar-refractivity contribution in [3.63, 3.8) is 0 Å². The van der Waals surface area contributed by atoms with Crippen molar-refractivity contribution in [1.29, 1.82) is 0 Å². The van der Waals surface area contributed by atoms with E-state index in [0.717, 1.165) is 0 Å². The van der Waals surface area contributed by atoms with E-state index in [0.29, 0.717) is 0 Å². The summed E-state index contributed by atoms with van der Waals surface area (Å²) in [6, 6.07) is 0. The van der Waals surface area contributed by atoms with Crippen molar-refractivity contribution in [2.45, 2.75) is 43.7 Å². The quantitative estimate of drug-likeness (QED) is 0.251. The van der Waals surface area contributed by atoms with Gasteiger partial charge in [-0.3, -0.25) is 0 Å². The molecule has 2 aliphatic heterocycles. The van der Waals surface area contributed by atoms with Crippen molar-refractivity contribution in [3.05, 3.63) is 10.4 Å². The number of fused-ring (bicyclic) bond motifs is 1. The maximum Gasteiger partial charge on any atom is 0.219 e. The highest BCUT2D eigenvalue weighted by molar-refractivity contribution is 5.02. The zero-order valence-corrected chi connectivity index (χ0v) is 11.7. The van der Waals surface area contributed by atoms with Gasteiger partial charge >= 0.3 is 0 Å². The van der Waals surface area contributed by atoms with Crippen molar-refractivity contribution in [1.82, 2.24) is 0 Å². The SMILES string of the molecule is COCOCC1(O)O[C@@H](CN=[N+]=[N-])[C@H]2OC(C)(C)O[C@H]21. The zero-order valence-electron chi connectivity index (χ0n) is 11.7. The Morgan fingerprint density at radius 2 is 2.10 bits per heavy atom. The first kappa shape index (κ1) is 15.5. The Kier molecular flexibility index (Phi) is 4.50. The van der Waals surface area contributed by atoms with Crippen LogP contribution in [0, 0.1) is 0 Å². The van der Waals surface area contributed by atoms with Gasteiger partial charge in [-0.05, 0) is 19.4 Å². The second-order valence-electron chi connectivity index (χ2n) is 5.19. The lowest BCUT2D eigenvalue weighted by atomic mass is 10.1. The van der Waals surface area contributed by atoms with E-state index in [-0.39, 0.29) is 19.9 Å². The minimum Gasteiger partial charge on any atom is -0.362 e. The predicted molar refractivity (Wildman–Crippen MR) is 65.5 cm³/mol. The van der Waals surface area contributed by atoms with Gasteiger partial charge in [0.2, 0.25) is 5.79 Å². The van der Waals surface area contributed by atoms with E-state index in [1.165, 1.54) is 7.11 Å². The Hall–Kier alpha value is -0.930. The molecule has 2 heterocycles. The van der Waals surface area contributed by atoms with E-state index in [4.69, 9.17) is 29.2 Å². The normalized spacial score (nSPS) is 38.5. The third-order valence-electron chi connectivity index (χ3n) is 3.13. The molecule has 4 atom stereocenters. The minimum atomic E-state index is -1.66. The van der Waals surface area contributed by atoms with Crippen molar-refractivity contribution in [2.75, 3.05) is 27.1 Å². The molecule has 2 saturated heterocycles. The van der Waals surface area contributed by atoms with Gasteiger partial charge in [0, 0.05) is 12.0 Å². The summed E-state index contributed by atoms with van der Waals surface area (Å²) in [7, 11) is 1.48. The van der Waals surface area contributed by atoms with Crippen molar-refractivity contribution >= 4 is 0 Å². The standard InChI is InChI=1S/C11H19N3O6/c1-10(2)19-8-7(4-13-14-12)18-11(15,9(8)20-10)5-17-6-16-3/h7-9,15H,4-6H2,1-3H3/t7-,8+,9+,11?/m0/s1. The number of nitrogens with zero attached hydrogens (tertiary/aromatic N) is 3. The fourth-order valence-electron chi connectivity index (χ4n) is 2.45. The minimum absolute atomic E-state index is 0.0221. The number of aliphatic hydroxyl groups is 1. The highest BCUT2D eigenvalue weighted by Crippen LogP contribution is 2.43. The van der Waals surface area contributed by atoms with Crippen LogP contribution in [0.3, 0.4) is 0 Å². The molecule has 1 N–H and O–H groups in total. The monoisotopic (exact) mass is 289 g/mol. The molecule has 0 bridgehead atoms. The van der Waals surface area contributed by atoms with Gasteiger partial charge < -0.3 is 28.8 Å². The lowest BCUT2D eigenvalue weighted by Gasteiger charge is -2.29. The van der Waals surface area contributed by atoms with Crippen LogP contribution in [-0.4, -0.2) is 62.0 Å².